The van der Waals surface area contributed by atoms with E-state index in [1.54, 1.807) is 7.05 Å². The molecule has 0 spiro atoms. The predicted molar refractivity (Wildman–Crippen MR) is 108 cm³/mol. The first-order valence-corrected chi connectivity index (χ1v) is 10.7. The molecule has 2 aliphatic carbocycles. The van der Waals surface area contributed by atoms with Crippen LogP contribution in [0.5, 0.6) is 0 Å². The minimum atomic E-state index is -0.423. The van der Waals surface area contributed by atoms with Crippen molar-refractivity contribution in [3.63, 3.8) is 0 Å². The van der Waals surface area contributed by atoms with Crippen LogP contribution in [0.15, 0.2) is 30.3 Å². The molecule has 2 bridgehead atoms. The second-order valence-corrected chi connectivity index (χ2v) is 9.06. The van der Waals surface area contributed by atoms with Crippen LogP contribution in [0.1, 0.15) is 51.0 Å². The van der Waals surface area contributed by atoms with E-state index in [1.165, 1.54) is 37.7 Å². The van der Waals surface area contributed by atoms with Gasteiger partial charge < -0.3 is 15.0 Å². The summed E-state index contributed by atoms with van der Waals surface area (Å²) < 4.78 is 5.26. The minimum absolute atomic E-state index is 0.0319. The Balaban J connectivity index is 1.53. The van der Waals surface area contributed by atoms with Gasteiger partial charge in [0.1, 0.15) is 6.10 Å². The summed E-state index contributed by atoms with van der Waals surface area (Å²) in [5, 5.41) is 2.47. The van der Waals surface area contributed by atoms with Crippen LogP contribution in [0, 0.1) is 17.8 Å². The number of benzene rings is 1. The first-order valence-electron chi connectivity index (χ1n) is 10.7. The fraction of sp³-hybridized carbons (Fsp3) is 0.652. The summed E-state index contributed by atoms with van der Waals surface area (Å²) in [5.41, 5.74) is 1.32. The number of alkyl carbamates (subject to hydrolysis) is 1. The fourth-order valence-electron chi connectivity index (χ4n) is 6.08. The molecule has 5 heteroatoms. The number of hydrogen-bond acceptors (Lipinski definition) is 3. The van der Waals surface area contributed by atoms with Crippen molar-refractivity contribution >= 4 is 12.0 Å². The highest BCUT2D eigenvalue weighted by Crippen LogP contribution is 2.57. The van der Waals surface area contributed by atoms with Gasteiger partial charge in [-0.05, 0) is 49.0 Å². The number of hydrogen-bond donors (Lipinski definition) is 1. The highest BCUT2D eigenvalue weighted by Gasteiger charge is 2.53. The number of likely N-dealkylation sites (tertiary alicyclic amines) is 1. The lowest BCUT2D eigenvalue weighted by Gasteiger charge is -2.56. The maximum absolute atomic E-state index is 13.3. The first kappa shape index (κ1) is 19.3. The van der Waals surface area contributed by atoms with Gasteiger partial charge in [0.15, 0.2) is 0 Å². The summed E-state index contributed by atoms with van der Waals surface area (Å²) in [4.78, 5) is 26.5. The molecule has 2 amide bonds. The third-order valence-electron chi connectivity index (χ3n) is 7.37. The van der Waals surface area contributed by atoms with Gasteiger partial charge in [-0.2, -0.15) is 0 Å². The number of nitrogens with one attached hydrogen (secondary N) is 1. The van der Waals surface area contributed by atoms with Crippen LogP contribution in [0.3, 0.4) is 0 Å². The summed E-state index contributed by atoms with van der Waals surface area (Å²) in [5.74, 6) is 2.13. The number of nitrogens with zero attached hydrogens (tertiary/aromatic N) is 1. The van der Waals surface area contributed by atoms with Gasteiger partial charge in [-0.3, -0.25) is 4.79 Å². The van der Waals surface area contributed by atoms with Crippen molar-refractivity contribution < 1.29 is 14.3 Å². The van der Waals surface area contributed by atoms with Gasteiger partial charge in [-0.1, -0.05) is 43.7 Å². The smallest absolute Gasteiger partial charge is 0.407 e. The Bertz CT molecular complexity index is 700. The molecule has 152 valence electrons. The van der Waals surface area contributed by atoms with E-state index in [0.29, 0.717) is 31.3 Å². The van der Waals surface area contributed by atoms with Crippen LogP contribution in [0.2, 0.25) is 0 Å². The third-order valence-corrected chi connectivity index (χ3v) is 7.37. The molecular weight excluding hydrogens is 352 g/mol. The number of ether oxygens (including phenoxy) is 1. The van der Waals surface area contributed by atoms with Crippen LogP contribution in [-0.2, 0) is 14.9 Å². The predicted octanol–water partition coefficient (Wildman–Crippen LogP) is 3.73. The zero-order valence-electron chi connectivity index (χ0n) is 17.0. The molecule has 3 aliphatic rings. The topological polar surface area (TPSA) is 58.6 Å². The van der Waals surface area contributed by atoms with Crippen molar-refractivity contribution in [3.05, 3.63) is 35.9 Å². The van der Waals surface area contributed by atoms with Crippen LogP contribution in [0.4, 0.5) is 4.79 Å². The van der Waals surface area contributed by atoms with Crippen molar-refractivity contribution in [2.24, 2.45) is 17.8 Å². The summed E-state index contributed by atoms with van der Waals surface area (Å²) in [7, 11) is 1.55. The fourth-order valence-corrected chi connectivity index (χ4v) is 6.08. The van der Waals surface area contributed by atoms with Gasteiger partial charge in [0.2, 0.25) is 5.91 Å². The number of carbonyl (C=O) groups excluding carboxylic acids is 2. The van der Waals surface area contributed by atoms with Crippen molar-refractivity contribution in [3.8, 4) is 0 Å². The van der Waals surface area contributed by atoms with Gasteiger partial charge in [-0.25, -0.2) is 4.79 Å². The normalized spacial score (nSPS) is 32.4. The minimum Gasteiger partial charge on any atom is -0.442 e. The summed E-state index contributed by atoms with van der Waals surface area (Å²) in [6.45, 7) is 3.41. The van der Waals surface area contributed by atoms with Gasteiger partial charge in [0, 0.05) is 18.9 Å². The highest BCUT2D eigenvalue weighted by molar-refractivity contribution is 5.79. The Hall–Kier alpha value is -2.04. The number of amides is 2. The molecule has 2 saturated carbocycles. The van der Waals surface area contributed by atoms with E-state index in [1.807, 2.05) is 4.90 Å². The Morgan fingerprint density at radius 1 is 1.14 bits per heavy atom. The van der Waals surface area contributed by atoms with Gasteiger partial charge >= 0.3 is 6.09 Å². The van der Waals surface area contributed by atoms with E-state index in [-0.39, 0.29) is 17.4 Å². The molecule has 0 radical (unpaired) electrons. The maximum Gasteiger partial charge on any atom is 0.407 e. The van der Waals surface area contributed by atoms with Gasteiger partial charge in [0.25, 0.3) is 0 Å². The molecule has 1 N–H and O–H groups in total. The van der Waals surface area contributed by atoms with E-state index < -0.39 is 6.09 Å². The molecule has 1 aliphatic heterocycles. The zero-order valence-corrected chi connectivity index (χ0v) is 17.0. The molecule has 1 saturated heterocycles. The summed E-state index contributed by atoms with van der Waals surface area (Å²) >= 11 is 0. The van der Waals surface area contributed by atoms with E-state index in [0.717, 1.165) is 5.92 Å². The molecule has 4 rings (SSSR count). The second-order valence-electron chi connectivity index (χ2n) is 9.06. The zero-order chi connectivity index (χ0) is 19.7. The van der Waals surface area contributed by atoms with Crippen molar-refractivity contribution in [2.75, 3.05) is 20.1 Å². The quantitative estimate of drug-likeness (QED) is 0.861. The van der Waals surface area contributed by atoms with Crippen molar-refractivity contribution in [2.45, 2.75) is 57.0 Å². The Morgan fingerprint density at radius 3 is 2.39 bits per heavy atom. The Labute approximate surface area is 167 Å². The van der Waals surface area contributed by atoms with E-state index >= 15 is 0 Å². The third kappa shape index (κ3) is 3.40. The van der Waals surface area contributed by atoms with E-state index in [9.17, 15) is 9.59 Å². The molecule has 5 nitrogen and oxygen atoms in total. The summed E-state index contributed by atoms with van der Waals surface area (Å²) in [6, 6.07) is 10.8. The molecule has 1 aromatic rings. The van der Waals surface area contributed by atoms with Crippen molar-refractivity contribution in [1.82, 2.24) is 10.2 Å². The molecule has 3 fully saturated rings. The average Bonchev–Trinajstić information content (AvgIpc) is 2.65. The number of carbonyl (C=O) groups is 2. The lowest BCUT2D eigenvalue weighted by atomic mass is 9.49. The highest BCUT2D eigenvalue weighted by atomic mass is 16.6. The molecule has 28 heavy (non-hydrogen) atoms. The number of rotatable bonds is 4. The van der Waals surface area contributed by atoms with Crippen LogP contribution in [0.25, 0.3) is 0 Å². The van der Waals surface area contributed by atoms with Crippen LogP contribution < -0.4 is 5.32 Å². The Kier molecular flexibility index (Phi) is 5.35. The standard InChI is InChI=1S/C23H32N2O3/c1-16-11-18-9-6-10-19(12-16)23(18,17-7-4-3-5-8-17)13-21(26)25-14-20(15-25)28-22(27)24-2/h3-5,7-8,16,18-20H,6,9-15H2,1-2H3,(H,24,27)/t16-,18?,19?,23+. The van der Waals surface area contributed by atoms with Crippen LogP contribution in [-0.4, -0.2) is 43.1 Å². The SMILES string of the molecule is CNC(=O)OC1CN(C(=O)C[C@]2(c3ccccc3)C3CCCC2C[C@H](C)C3)C1. The molecule has 1 aromatic carbocycles. The first-order chi connectivity index (χ1) is 13.5. The molecule has 2 unspecified atom stereocenters. The second kappa shape index (κ2) is 7.76. The molecular formula is C23H32N2O3. The lowest BCUT2D eigenvalue weighted by molar-refractivity contribution is -0.146. The number of fused-ring (bicyclic) bond motifs is 2. The summed E-state index contributed by atoms with van der Waals surface area (Å²) in [6.07, 6.45) is 6.18. The lowest BCUT2D eigenvalue weighted by Crippen LogP contribution is -2.59. The molecule has 0 aromatic heterocycles. The monoisotopic (exact) mass is 384 g/mol. The van der Waals surface area contributed by atoms with Crippen molar-refractivity contribution in [1.29, 1.82) is 0 Å². The van der Waals surface area contributed by atoms with E-state index in [2.05, 4.69) is 42.6 Å². The van der Waals surface area contributed by atoms with Crippen LogP contribution >= 0.6 is 0 Å². The largest absolute Gasteiger partial charge is 0.442 e. The Morgan fingerprint density at radius 2 is 1.79 bits per heavy atom. The maximum atomic E-state index is 13.3. The molecule has 2 atom stereocenters. The molecule has 1 heterocycles. The average molecular weight is 385 g/mol. The van der Waals surface area contributed by atoms with E-state index in [4.69, 9.17) is 4.74 Å². The van der Waals surface area contributed by atoms with Gasteiger partial charge in [0.05, 0.1) is 13.1 Å². The van der Waals surface area contributed by atoms with Gasteiger partial charge in [-0.15, -0.1) is 0 Å².